The van der Waals surface area contributed by atoms with Gasteiger partial charge in [-0.15, -0.1) is 0 Å². The molecule has 3 aromatic carbocycles. The highest BCUT2D eigenvalue weighted by atomic mass is 16.5. The highest BCUT2D eigenvalue weighted by molar-refractivity contribution is 5.86. The van der Waals surface area contributed by atoms with E-state index in [0.29, 0.717) is 0 Å². The van der Waals surface area contributed by atoms with E-state index in [0.717, 1.165) is 11.3 Å². The second kappa shape index (κ2) is 7.39. The van der Waals surface area contributed by atoms with Gasteiger partial charge in [0, 0.05) is 18.9 Å². The van der Waals surface area contributed by atoms with E-state index in [9.17, 15) is 4.79 Å². The smallest absolute Gasteiger partial charge is 0.217 e. The van der Waals surface area contributed by atoms with E-state index in [1.165, 1.54) is 16.3 Å². The minimum atomic E-state index is -0.0308. The maximum absolute atomic E-state index is 11.7. The molecule has 0 unspecified atom stereocenters. The summed E-state index contributed by atoms with van der Waals surface area (Å²) in [6.07, 6.45) is 0. The van der Waals surface area contributed by atoms with Crippen molar-refractivity contribution in [2.75, 3.05) is 7.11 Å². The first-order chi connectivity index (χ1) is 12.1. The van der Waals surface area contributed by atoms with Crippen molar-refractivity contribution < 1.29 is 9.53 Å². The molecule has 0 aromatic heterocycles. The standard InChI is InChI=1S/C22H23NO2/c1-15(23-16(2)24)22(18-11-13-19(25-3)14-12-18)21-10-6-8-17-7-4-5-9-20(17)21/h4-15,22H,1-3H3,(H,23,24)/t15-,22+/m0/s1. The monoisotopic (exact) mass is 333 g/mol. The summed E-state index contributed by atoms with van der Waals surface area (Å²) in [6.45, 7) is 3.61. The average Bonchev–Trinajstić information content (AvgIpc) is 2.62. The van der Waals surface area contributed by atoms with Crippen LogP contribution in [0, 0.1) is 0 Å². The Kier molecular flexibility index (Phi) is 5.03. The number of benzene rings is 3. The lowest BCUT2D eigenvalue weighted by atomic mass is 9.83. The van der Waals surface area contributed by atoms with Crippen molar-refractivity contribution in [3.63, 3.8) is 0 Å². The van der Waals surface area contributed by atoms with Gasteiger partial charge in [0.2, 0.25) is 5.91 Å². The SMILES string of the molecule is COc1ccc([C@H](c2cccc3ccccc23)[C@H](C)NC(C)=O)cc1. The van der Waals surface area contributed by atoms with Crippen molar-refractivity contribution in [3.05, 3.63) is 77.9 Å². The van der Waals surface area contributed by atoms with Crippen molar-refractivity contribution in [1.82, 2.24) is 5.32 Å². The van der Waals surface area contributed by atoms with Gasteiger partial charge in [0.25, 0.3) is 0 Å². The van der Waals surface area contributed by atoms with E-state index in [2.05, 4.69) is 60.8 Å². The van der Waals surface area contributed by atoms with E-state index >= 15 is 0 Å². The van der Waals surface area contributed by atoms with Crippen LogP contribution in [0.1, 0.15) is 30.9 Å². The Morgan fingerprint density at radius 1 is 0.960 bits per heavy atom. The van der Waals surface area contributed by atoms with Crippen LogP contribution in [0.2, 0.25) is 0 Å². The molecular formula is C22H23NO2. The maximum atomic E-state index is 11.7. The van der Waals surface area contributed by atoms with Crippen molar-refractivity contribution in [1.29, 1.82) is 0 Å². The summed E-state index contributed by atoms with van der Waals surface area (Å²) < 4.78 is 5.28. The molecule has 3 nitrogen and oxygen atoms in total. The van der Waals surface area contributed by atoms with Crippen molar-refractivity contribution in [2.45, 2.75) is 25.8 Å². The predicted octanol–water partition coefficient (Wildman–Crippen LogP) is 4.50. The third kappa shape index (κ3) is 3.66. The van der Waals surface area contributed by atoms with Crippen LogP contribution in [0.3, 0.4) is 0 Å². The molecule has 3 rings (SSSR count). The minimum Gasteiger partial charge on any atom is -0.497 e. The molecule has 1 amide bonds. The summed E-state index contributed by atoms with van der Waals surface area (Å²) in [5.74, 6) is 0.861. The molecule has 0 heterocycles. The third-order valence-corrected chi connectivity index (χ3v) is 4.56. The highest BCUT2D eigenvalue weighted by Crippen LogP contribution is 2.34. The zero-order valence-electron chi connectivity index (χ0n) is 14.8. The topological polar surface area (TPSA) is 38.3 Å². The molecule has 0 aliphatic carbocycles. The van der Waals surface area contributed by atoms with Gasteiger partial charge in [-0.05, 0) is 41.0 Å². The second-order valence-electron chi connectivity index (χ2n) is 6.31. The minimum absolute atomic E-state index is 0.0220. The number of rotatable bonds is 5. The number of nitrogens with one attached hydrogen (secondary N) is 1. The van der Waals surface area contributed by atoms with Crippen molar-refractivity contribution in [2.24, 2.45) is 0 Å². The third-order valence-electron chi connectivity index (χ3n) is 4.56. The number of methoxy groups -OCH3 is 1. The van der Waals surface area contributed by atoms with Gasteiger partial charge in [0.1, 0.15) is 5.75 Å². The molecule has 25 heavy (non-hydrogen) atoms. The van der Waals surface area contributed by atoms with Crippen LogP contribution in [0.5, 0.6) is 5.75 Å². The lowest BCUT2D eigenvalue weighted by Gasteiger charge is -2.27. The fourth-order valence-corrected chi connectivity index (χ4v) is 3.47. The summed E-state index contributed by atoms with van der Waals surface area (Å²) in [6, 6.07) is 22.8. The van der Waals surface area contributed by atoms with E-state index in [1.54, 1.807) is 14.0 Å². The Morgan fingerprint density at radius 3 is 2.32 bits per heavy atom. The van der Waals surface area contributed by atoms with Crippen LogP contribution in [0.15, 0.2) is 66.7 Å². The molecule has 0 fully saturated rings. The molecule has 1 N–H and O–H groups in total. The number of carbonyl (C=O) groups is 1. The van der Waals surface area contributed by atoms with Crippen LogP contribution in [-0.4, -0.2) is 19.1 Å². The molecule has 0 spiro atoms. The van der Waals surface area contributed by atoms with E-state index in [-0.39, 0.29) is 17.9 Å². The predicted molar refractivity (Wildman–Crippen MR) is 102 cm³/mol. The molecular weight excluding hydrogens is 310 g/mol. The molecule has 2 atom stereocenters. The number of fused-ring (bicyclic) bond motifs is 1. The number of amides is 1. The van der Waals surface area contributed by atoms with Gasteiger partial charge in [-0.25, -0.2) is 0 Å². The summed E-state index contributed by atoms with van der Waals surface area (Å²) in [5.41, 5.74) is 2.36. The first-order valence-electron chi connectivity index (χ1n) is 8.49. The fourth-order valence-electron chi connectivity index (χ4n) is 3.47. The van der Waals surface area contributed by atoms with Gasteiger partial charge in [-0.1, -0.05) is 54.6 Å². The number of hydrogen-bond acceptors (Lipinski definition) is 2. The zero-order chi connectivity index (χ0) is 17.8. The Bertz CT molecular complexity index is 865. The normalized spacial score (nSPS) is 13.2. The molecule has 0 radical (unpaired) electrons. The Labute approximate surface area is 148 Å². The molecule has 0 bridgehead atoms. The molecule has 0 saturated heterocycles. The first-order valence-corrected chi connectivity index (χ1v) is 8.49. The lowest BCUT2D eigenvalue weighted by molar-refractivity contribution is -0.119. The molecule has 3 aromatic rings. The highest BCUT2D eigenvalue weighted by Gasteiger charge is 2.24. The Morgan fingerprint density at radius 2 is 1.64 bits per heavy atom. The average molecular weight is 333 g/mol. The number of hydrogen-bond donors (Lipinski definition) is 1. The second-order valence-corrected chi connectivity index (χ2v) is 6.31. The van der Waals surface area contributed by atoms with Crippen molar-refractivity contribution >= 4 is 16.7 Å². The van der Waals surface area contributed by atoms with Crippen LogP contribution >= 0.6 is 0 Å². The van der Waals surface area contributed by atoms with Gasteiger partial charge in [0.05, 0.1) is 7.11 Å². The molecule has 0 aliphatic heterocycles. The number of ether oxygens (including phenoxy) is 1. The number of carbonyl (C=O) groups excluding carboxylic acids is 1. The lowest BCUT2D eigenvalue weighted by Crippen LogP contribution is -2.36. The first kappa shape index (κ1) is 17.0. The van der Waals surface area contributed by atoms with E-state index < -0.39 is 0 Å². The van der Waals surface area contributed by atoms with Gasteiger partial charge in [-0.2, -0.15) is 0 Å². The van der Waals surface area contributed by atoms with Crippen LogP contribution < -0.4 is 10.1 Å². The van der Waals surface area contributed by atoms with Crippen LogP contribution in [0.4, 0.5) is 0 Å². The maximum Gasteiger partial charge on any atom is 0.217 e. The quantitative estimate of drug-likeness (QED) is 0.746. The summed E-state index contributed by atoms with van der Waals surface area (Å²) in [5, 5.41) is 5.48. The largest absolute Gasteiger partial charge is 0.497 e. The molecule has 3 heteroatoms. The van der Waals surface area contributed by atoms with Crippen LogP contribution in [0.25, 0.3) is 10.8 Å². The molecule has 128 valence electrons. The van der Waals surface area contributed by atoms with E-state index in [1.807, 2.05) is 18.2 Å². The van der Waals surface area contributed by atoms with Crippen LogP contribution in [-0.2, 0) is 4.79 Å². The van der Waals surface area contributed by atoms with E-state index in [4.69, 9.17) is 4.74 Å². The fraction of sp³-hybridized carbons (Fsp3) is 0.227. The van der Waals surface area contributed by atoms with Gasteiger partial charge in [0.15, 0.2) is 0 Å². The van der Waals surface area contributed by atoms with Crippen molar-refractivity contribution in [3.8, 4) is 5.75 Å². The molecule has 0 aliphatic rings. The van der Waals surface area contributed by atoms with Gasteiger partial charge in [-0.3, -0.25) is 4.79 Å². The Hall–Kier alpha value is -2.81. The Balaban J connectivity index is 2.13. The van der Waals surface area contributed by atoms with Gasteiger partial charge >= 0.3 is 0 Å². The van der Waals surface area contributed by atoms with Gasteiger partial charge < -0.3 is 10.1 Å². The summed E-state index contributed by atoms with van der Waals surface area (Å²) in [7, 11) is 1.66. The zero-order valence-corrected chi connectivity index (χ0v) is 14.8. The molecule has 0 saturated carbocycles. The summed E-state index contributed by atoms with van der Waals surface area (Å²) >= 11 is 0. The summed E-state index contributed by atoms with van der Waals surface area (Å²) in [4.78, 5) is 11.7.